The van der Waals surface area contributed by atoms with Crippen LogP contribution in [-0.4, -0.2) is 28.0 Å². The first kappa shape index (κ1) is 17.1. The molecule has 0 saturated carbocycles. The molecular formula is C13H19N3O4S. The van der Waals surface area contributed by atoms with Crippen molar-refractivity contribution < 1.29 is 19.5 Å². The summed E-state index contributed by atoms with van der Waals surface area (Å²) in [5.41, 5.74) is -0.665. The number of carboxylic acid groups (broad SMARTS) is 1. The SMILES string of the molecule is CC(C)(NC(=O)NC(=O)CCCCC(=O)O)c1nccs1. The standard InChI is InChI=1S/C13H19N3O4S/c1-13(2,11-14-7-8-21-11)16-12(20)15-9(17)5-3-4-6-10(18)19/h7-8H,3-6H2,1-2H3,(H,18,19)(H2,15,16,17,20). The van der Waals surface area contributed by atoms with Gasteiger partial charge in [-0.1, -0.05) is 0 Å². The molecule has 21 heavy (non-hydrogen) atoms. The number of carbonyl (C=O) groups is 3. The Balaban J connectivity index is 2.33. The molecule has 0 atom stereocenters. The lowest BCUT2D eigenvalue weighted by Gasteiger charge is -2.23. The average Bonchev–Trinajstić information content (AvgIpc) is 2.88. The molecule has 8 heteroatoms. The van der Waals surface area contributed by atoms with Crippen LogP contribution < -0.4 is 10.6 Å². The molecule has 0 bridgehead atoms. The number of imide groups is 1. The van der Waals surface area contributed by atoms with Gasteiger partial charge in [0.2, 0.25) is 5.91 Å². The molecule has 0 aliphatic heterocycles. The van der Waals surface area contributed by atoms with Crippen molar-refractivity contribution in [2.45, 2.75) is 45.1 Å². The van der Waals surface area contributed by atoms with E-state index in [4.69, 9.17) is 5.11 Å². The number of aromatic nitrogens is 1. The van der Waals surface area contributed by atoms with Crippen molar-refractivity contribution in [3.63, 3.8) is 0 Å². The smallest absolute Gasteiger partial charge is 0.322 e. The summed E-state index contributed by atoms with van der Waals surface area (Å²) in [6.45, 7) is 3.59. The van der Waals surface area contributed by atoms with Crippen LogP contribution in [0.15, 0.2) is 11.6 Å². The highest BCUT2D eigenvalue weighted by Gasteiger charge is 2.25. The molecular weight excluding hydrogens is 294 g/mol. The fraction of sp³-hybridized carbons (Fsp3) is 0.538. The molecule has 1 aromatic rings. The number of thiazole rings is 1. The molecule has 1 rings (SSSR count). The van der Waals surface area contributed by atoms with E-state index in [1.807, 2.05) is 5.38 Å². The number of hydrogen-bond acceptors (Lipinski definition) is 5. The minimum atomic E-state index is -0.890. The summed E-state index contributed by atoms with van der Waals surface area (Å²) in [7, 11) is 0. The van der Waals surface area contributed by atoms with E-state index in [-0.39, 0.29) is 12.8 Å². The summed E-state index contributed by atoms with van der Waals surface area (Å²) in [4.78, 5) is 37.7. The lowest BCUT2D eigenvalue weighted by molar-refractivity contribution is -0.137. The summed E-state index contributed by atoms with van der Waals surface area (Å²) in [6.07, 6.45) is 2.64. The number of hydrogen-bond donors (Lipinski definition) is 3. The van der Waals surface area contributed by atoms with Gasteiger partial charge in [-0.15, -0.1) is 11.3 Å². The number of carboxylic acids is 1. The molecule has 0 aliphatic rings. The third-order valence-corrected chi connectivity index (χ3v) is 3.79. The van der Waals surface area contributed by atoms with E-state index >= 15 is 0 Å². The molecule has 0 saturated heterocycles. The number of urea groups is 1. The molecule has 3 amide bonds. The normalized spacial score (nSPS) is 11.0. The van der Waals surface area contributed by atoms with E-state index in [0.29, 0.717) is 12.8 Å². The minimum Gasteiger partial charge on any atom is -0.481 e. The van der Waals surface area contributed by atoms with Crippen molar-refractivity contribution >= 4 is 29.2 Å². The van der Waals surface area contributed by atoms with Crippen LogP contribution in [0.5, 0.6) is 0 Å². The van der Waals surface area contributed by atoms with Gasteiger partial charge in [0.15, 0.2) is 0 Å². The highest BCUT2D eigenvalue weighted by molar-refractivity contribution is 7.09. The Kier molecular flexibility index (Phi) is 6.29. The second-order valence-corrected chi connectivity index (χ2v) is 5.96. The fourth-order valence-electron chi connectivity index (χ4n) is 1.65. The Bertz CT molecular complexity index is 500. The van der Waals surface area contributed by atoms with Crippen molar-refractivity contribution in [3.05, 3.63) is 16.6 Å². The zero-order valence-corrected chi connectivity index (χ0v) is 12.8. The van der Waals surface area contributed by atoms with Gasteiger partial charge in [0.1, 0.15) is 5.01 Å². The first-order valence-electron chi connectivity index (χ1n) is 6.55. The third-order valence-electron chi connectivity index (χ3n) is 2.69. The van der Waals surface area contributed by atoms with Crippen LogP contribution in [0.2, 0.25) is 0 Å². The van der Waals surface area contributed by atoms with E-state index in [0.717, 1.165) is 5.01 Å². The van der Waals surface area contributed by atoms with Gasteiger partial charge < -0.3 is 10.4 Å². The molecule has 0 spiro atoms. The number of amides is 3. The highest BCUT2D eigenvalue weighted by atomic mass is 32.1. The van der Waals surface area contributed by atoms with Crippen LogP contribution in [0.3, 0.4) is 0 Å². The summed E-state index contributed by atoms with van der Waals surface area (Å²) in [6, 6.07) is -0.585. The van der Waals surface area contributed by atoms with Crippen molar-refractivity contribution in [1.29, 1.82) is 0 Å². The largest absolute Gasteiger partial charge is 0.481 e. The fourth-order valence-corrected chi connectivity index (χ4v) is 2.37. The third kappa shape index (κ3) is 6.35. The van der Waals surface area contributed by atoms with Gasteiger partial charge in [-0.25, -0.2) is 9.78 Å². The molecule has 3 N–H and O–H groups in total. The number of aliphatic carboxylic acids is 1. The molecule has 0 unspecified atom stereocenters. The minimum absolute atomic E-state index is 0.0244. The van der Waals surface area contributed by atoms with Crippen LogP contribution in [-0.2, 0) is 15.1 Å². The molecule has 0 radical (unpaired) electrons. The number of unbranched alkanes of at least 4 members (excludes halogenated alkanes) is 1. The lowest BCUT2D eigenvalue weighted by Crippen LogP contribution is -2.48. The topological polar surface area (TPSA) is 108 Å². The Morgan fingerprint density at radius 3 is 2.52 bits per heavy atom. The van der Waals surface area contributed by atoms with E-state index in [1.165, 1.54) is 11.3 Å². The molecule has 0 fully saturated rings. The quantitative estimate of drug-likeness (QED) is 0.666. The lowest BCUT2D eigenvalue weighted by atomic mass is 10.1. The van der Waals surface area contributed by atoms with Gasteiger partial charge in [0.05, 0.1) is 5.54 Å². The molecule has 0 aromatic carbocycles. The Hall–Kier alpha value is -1.96. The Morgan fingerprint density at radius 1 is 1.29 bits per heavy atom. The van der Waals surface area contributed by atoms with E-state index < -0.39 is 23.4 Å². The zero-order chi connectivity index (χ0) is 15.9. The van der Waals surface area contributed by atoms with Crippen molar-refractivity contribution in [1.82, 2.24) is 15.6 Å². The van der Waals surface area contributed by atoms with Gasteiger partial charge in [0.25, 0.3) is 0 Å². The highest BCUT2D eigenvalue weighted by Crippen LogP contribution is 2.21. The second kappa shape index (κ2) is 7.72. The van der Waals surface area contributed by atoms with Crippen molar-refractivity contribution in [2.75, 3.05) is 0 Å². The van der Waals surface area contributed by atoms with Crippen LogP contribution in [0, 0.1) is 0 Å². The molecule has 1 heterocycles. The predicted molar refractivity (Wildman–Crippen MR) is 77.9 cm³/mol. The molecule has 7 nitrogen and oxygen atoms in total. The maximum absolute atomic E-state index is 11.7. The second-order valence-electron chi connectivity index (χ2n) is 5.07. The van der Waals surface area contributed by atoms with Gasteiger partial charge in [-0.2, -0.15) is 0 Å². The zero-order valence-electron chi connectivity index (χ0n) is 12.0. The Morgan fingerprint density at radius 2 is 1.95 bits per heavy atom. The van der Waals surface area contributed by atoms with Gasteiger partial charge >= 0.3 is 12.0 Å². The Labute approximate surface area is 126 Å². The summed E-state index contributed by atoms with van der Waals surface area (Å²) in [5, 5.41) is 15.9. The van der Waals surface area contributed by atoms with E-state index in [2.05, 4.69) is 15.6 Å². The number of nitrogens with one attached hydrogen (secondary N) is 2. The van der Waals surface area contributed by atoms with Crippen LogP contribution in [0.4, 0.5) is 4.79 Å². The molecule has 116 valence electrons. The first-order chi connectivity index (χ1) is 9.81. The predicted octanol–water partition coefficient (Wildman–Crippen LogP) is 1.85. The number of carbonyl (C=O) groups excluding carboxylic acids is 2. The number of nitrogens with zero attached hydrogens (tertiary/aromatic N) is 1. The maximum atomic E-state index is 11.7. The summed E-state index contributed by atoms with van der Waals surface area (Å²) < 4.78 is 0. The maximum Gasteiger partial charge on any atom is 0.322 e. The molecule has 1 aromatic heterocycles. The van der Waals surface area contributed by atoms with Gasteiger partial charge in [-0.3, -0.25) is 14.9 Å². The average molecular weight is 313 g/mol. The van der Waals surface area contributed by atoms with Gasteiger partial charge in [-0.05, 0) is 26.7 Å². The van der Waals surface area contributed by atoms with Crippen molar-refractivity contribution in [3.8, 4) is 0 Å². The summed E-state index contributed by atoms with van der Waals surface area (Å²) in [5.74, 6) is -1.31. The summed E-state index contributed by atoms with van der Waals surface area (Å²) >= 11 is 1.42. The number of rotatable bonds is 7. The van der Waals surface area contributed by atoms with E-state index in [1.54, 1.807) is 20.0 Å². The molecule has 0 aliphatic carbocycles. The van der Waals surface area contributed by atoms with Crippen LogP contribution >= 0.6 is 11.3 Å². The van der Waals surface area contributed by atoms with Crippen molar-refractivity contribution in [2.24, 2.45) is 0 Å². The van der Waals surface area contributed by atoms with Gasteiger partial charge in [0, 0.05) is 24.4 Å². The van der Waals surface area contributed by atoms with E-state index in [9.17, 15) is 14.4 Å². The first-order valence-corrected chi connectivity index (χ1v) is 7.43. The van der Waals surface area contributed by atoms with Crippen LogP contribution in [0.25, 0.3) is 0 Å². The monoisotopic (exact) mass is 313 g/mol. The van der Waals surface area contributed by atoms with Crippen LogP contribution in [0.1, 0.15) is 44.5 Å².